The van der Waals surface area contributed by atoms with Crippen LogP contribution >= 0.6 is 0 Å². The maximum atomic E-state index is 9.40. The molecule has 0 heterocycles. The predicted octanol–water partition coefficient (Wildman–Crippen LogP) is 2.03. The van der Waals surface area contributed by atoms with Gasteiger partial charge in [-0.2, -0.15) is 0 Å². The first-order valence-corrected chi connectivity index (χ1v) is 11.0. The molecule has 4 N–H and O–H groups in total. The highest BCUT2D eigenvalue weighted by atomic mass is 16.6. The highest BCUT2D eigenvalue weighted by Crippen LogP contribution is 2.10. The molecule has 0 rings (SSSR count). The Morgan fingerprint density at radius 1 is 0.607 bits per heavy atom. The third kappa shape index (κ3) is 19.1. The van der Waals surface area contributed by atoms with Gasteiger partial charge in [0.25, 0.3) is 0 Å². The van der Waals surface area contributed by atoms with E-state index in [0.29, 0.717) is 13.2 Å². The molecular formula is C21H44O7. The summed E-state index contributed by atoms with van der Waals surface area (Å²) in [7, 11) is 0. The van der Waals surface area contributed by atoms with E-state index in [9.17, 15) is 10.2 Å². The van der Waals surface area contributed by atoms with Crippen molar-refractivity contribution in [3.05, 3.63) is 0 Å². The van der Waals surface area contributed by atoms with E-state index in [-0.39, 0.29) is 33.0 Å². The second kappa shape index (κ2) is 21.4. The van der Waals surface area contributed by atoms with Gasteiger partial charge in [0.15, 0.2) is 0 Å². The Morgan fingerprint density at radius 3 is 1.68 bits per heavy atom. The fourth-order valence-corrected chi connectivity index (χ4v) is 2.74. The molecule has 0 radical (unpaired) electrons. The van der Waals surface area contributed by atoms with Crippen molar-refractivity contribution in [1.82, 2.24) is 0 Å². The number of hydrogen-bond acceptors (Lipinski definition) is 7. The smallest absolute Gasteiger partial charge is 0.104 e. The van der Waals surface area contributed by atoms with Gasteiger partial charge >= 0.3 is 0 Å². The lowest BCUT2D eigenvalue weighted by atomic mass is 10.1. The standard InChI is InChI=1S/C21H44O7/c1-2-3-4-5-6-7-8-9-10-11-12-26-17-21(28-16-20(25)14-23)18-27-15-19(24)13-22/h19-25H,2-18H2,1H3. The van der Waals surface area contributed by atoms with Crippen LogP contribution in [0.4, 0.5) is 0 Å². The van der Waals surface area contributed by atoms with Crippen molar-refractivity contribution < 1.29 is 34.6 Å². The van der Waals surface area contributed by atoms with Crippen LogP contribution in [0.1, 0.15) is 71.1 Å². The van der Waals surface area contributed by atoms with E-state index in [1.54, 1.807) is 0 Å². The van der Waals surface area contributed by atoms with Crippen molar-refractivity contribution in [2.75, 3.05) is 46.2 Å². The fourth-order valence-electron chi connectivity index (χ4n) is 2.74. The number of hydrogen-bond donors (Lipinski definition) is 4. The Kier molecular flexibility index (Phi) is 21.2. The number of ether oxygens (including phenoxy) is 3. The average molecular weight is 409 g/mol. The summed E-state index contributed by atoms with van der Waals surface area (Å²) in [6.45, 7) is 2.69. The topological polar surface area (TPSA) is 109 Å². The zero-order valence-corrected chi connectivity index (χ0v) is 17.8. The Morgan fingerprint density at radius 2 is 1.11 bits per heavy atom. The van der Waals surface area contributed by atoms with E-state index in [2.05, 4.69) is 6.92 Å². The first kappa shape index (κ1) is 27.7. The molecule has 0 bridgehead atoms. The van der Waals surface area contributed by atoms with Gasteiger partial charge in [-0.1, -0.05) is 64.7 Å². The minimum Gasteiger partial charge on any atom is -0.394 e. The van der Waals surface area contributed by atoms with E-state index in [1.807, 2.05) is 0 Å². The minimum absolute atomic E-state index is 0.00526. The zero-order valence-electron chi connectivity index (χ0n) is 17.8. The molecule has 0 aromatic heterocycles. The lowest BCUT2D eigenvalue weighted by Gasteiger charge is -2.20. The van der Waals surface area contributed by atoms with Crippen LogP contribution in [0.15, 0.2) is 0 Å². The minimum atomic E-state index is -0.937. The molecule has 0 fully saturated rings. The van der Waals surface area contributed by atoms with E-state index in [1.165, 1.54) is 51.4 Å². The summed E-state index contributed by atoms with van der Waals surface area (Å²) in [5.74, 6) is 0. The summed E-state index contributed by atoms with van der Waals surface area (Å²) in [6, 6.07) is 0. The van der Waals surface area contributed by atoms with Crippen LogP contribution in [0.2, 0.25) is 0 Å². The molecule has 28 heavy (non-hydrogen) atoms. The lowest BCUT2D eigenvalue weighted by molar-refractivity contribution is -0.0975. The first-order valence-electron chi connectivity index (χ1n) is 11.0. The Bertz CT molecular complexity index is 304. The third-order valence-electron chi connectivity index (χ3n) is 4.51. The molecule has 7 heteroatoms. The third-order valence-corrected chi connectivity index (χ3v) is 4.51. The van der Waals surface area contributed by atoms with Crippen molar-refractivity contribution >= 4 is 0 Å². The van der Waals surface area contributed by atoms with E-state index < -0.39 is 18.3 Å². The van der Waals surface area contributed by atoms with E-state index in [0.717, 1.165) is 12.8 Å². The monoisotopic (exact) mass is 408 g/mol. The summed E-state index contributed by atoms with van der Waals surface area (Å²) in [5, 5.41) is 36.3. The van der Waals surface area contributed by atoms with Gasteiger partial charge in [-0.15, -0.1) is 0 Å². The molecule has 0 amide bonds. The quantitative estimate of drug-likeness (QED) is 0.203. The molecule has 3 atom stereocenters. The number of unbranched alkanes of at least 4 members (excludes halogenated alkanes) is 9. The first-order chi connectivity index (χ1) is 13.6. The maximum absolute atomic E-state index is 9.40. The second-order valence-electron chi connectivity index (χ2n) is 7.42. The normalized spacial score (nSPS) is 14.9. The SMILES string of the molecule is CCCCCCCCCCCCOCC(COCC(O)CO)OCC(O)CO. The molecular weight excluding hydrogens is 364 g/mol. The van der Waals surface area contributed by atoms with Gasteiger partial charge in [0.2, 0.25) is 0 Å². The van der Waals surface area contributed by atoms with Gasteiger partial charge in [-0.3, -0.25) is 0 Å². The molecule has 0 aromatic carbocycles. The molecule has 0 aliphatic carbocycles. The van der Waals surface area contributed by atoms with Gasteiger partial charge in [-0.25, -0.2) is 0 Å². The Balaban J connectivity index is 3.70. The Hall–Kier alpha value is -0.280. The van der Waals surface area contributed by atoms with Crippen molar-refractivity contribution in [2.45, 2.75) is 89.4 Å². The molecule has 0 aliphatic rings. The largest absolute Gasteiger partial charge is 0.394 e. The van der Waals surface area contributed by atoms with Crippen LogP contribution in [-0.4, -0.2) is 85.0 Å². The summed E-state index contributed by atoms with van der Waals surface area (Å²) in [6.07, 6.45) is 10.5. The van der Waals surface area contributed by atoms with Crippen LogP contribution in [0.25, 0.3) is 0 Å². The molecule has 3 unspecified atom stereocenters. The predicted molar refractivity (Wildman–Crippen MR) is 109 cm³/mol. The molecule has 0 spiro atoms. The van der Waals surface area contributed by atoms with E-state index >= 15 is 0 Å². The lowest BCUT2D eigenvalue weighted by Crippen LogP contribution is -2.32. The van der Waals surface area contributed by atoms with Crippen molar-refractivity contribution in [3.8, 4) is 0 Å². The molecule has 0 aromatic rings. The number of aliphatic hydroxyl groups excluding tert-OH is 4. The highest BCUT2D eigenvalue weighted by molar-refractivity contribution is 4.60. The van der Waals surface area contributed by atoms with Crippen molar-refractivity contribution in [2.24, 2.45) is 0 Å². The molecule has 7 nitrogen and oxygen atoms in total. The van der Waals surface area contributed by atoms with Crippen molar-refractivity contribution in [3.63, 3.8) is 0 Å². The van der Waals surface area contributed by atoms with Gasteiger partial charge < -0.3 is 34.6 Å². The summed E-state index contributed by atoms with van der Waals surface area (Å²) < 4.78 is 16.5. The van der Waals surface area contributed by atoms with Gasteiger partial charge in [0.05, 0.1) is 39.6 Å². The van der Waals surface area contributed by atoms with Crippen molar-refractivity contribution in [1.29, 1.82) is 0 Å². The van der Waals surface area contributed by atoms with E-state index in [4.69, 9.17) is 24.4 Å². The molecule has 0 saturated carbocycles. The summed E-state index contributed by atoms with van der Waals surface area (Å²) in [4.78, 5) is 0. The Labute approximate surface area is 171 Å². The summed E-state index contributed by atoms with van der Waals surface area (Å²) in [5.41, 5.74) is 0. The van der Waals surface area contributed by atoms with Crippen LogP contribution < -0.4 is 0 Å². The summed E-state index contributed by atoms with van der Waals surface area (Å²) >= 11 is 0. The highest BCUT2D eigenvalue weighted by Gasteiger charge is 2.14. The van der Waals surface area contributed by atoms with Gasteiger partial charge in [0.1, 0.15) is 18.3 Å². The second-order valence-corrected chi connectivity index (χ2v) is 7.42. The van der Waals surface area contributed by atoms with Crippen LogP contribution in [0.5, 0.6) is 0 Å². The molecule has 170 valence electrons. The van der Waals surface area contributed by atoms with Gasteiger partial charge in [0, 0.05) is 6.61 Å². The van der Waals surface area contributed by atoms with Crippen LogP contribution in [0, 0.1) is 0 Å². The molecule has 0 aliphatic heterocycles. The zero-order chi connectivity index (χ0) is 20.9. The fraction of sp³-hybridized carbons (Fsp3) is 1.00. The number of aliphatic hydroxyl groups is 4. The maximum Gasteiger partial charge on any atom is 0.104 e. The molecule has 0 saturated heterocycles. The van der Waals surface area contributed by atoms with Crippen LogP contribution in [0.3, 0.4) is 0 Å². The number of rotatable bonds is 22. The average Bonchev–Trinajstić information content (AvgIpc) is 2.71. The van der Waals surface area contributed by atoms with Crippen LogP contribution in [-0.2, 0) is 14.2 Å². The van der Waals surface area contributed by atoms with Gasteiger partial charge in [-0.05, 0) is 6.42 Å².